The van der Waals surface area contributed by atoms with Crippen molar-refractivity contribution in [2.45, 2.75) is 13.3 Å². The second kappa shape index (κ2) is 7.05. The molecule has 0 aliphatic heterocycles. The Kier molecular flexibility index (Phi) is 4.42. The number of nitriles is 1. The molecule has 1 N–H and O–H groups in total. The van der Waals surface area contributed by atoms with Crippen LogP contribution in [0.4, 0.5) is 0 Å². The molecule has 4 heteroatoms. The summed E-state index contributed by atoms with van der Waals surface area (Å²) in [5, 5.41) is 19.6. The quantitative estimate of drug-likeness (QED) is 0.524. The summed E-state index contributed by atoms with van der Waals surface area (Å²) < 4.78 is 1.92. The zero-order valence-electron chi connectivity index (χ0n) is 15.4. The molecule has 0 fully saturated rings. The molecule has 0 spiro atoms. The van der Waals surface area contributed by atoms with Crippen molar-refractivity contribution in [3.05, 3.63) is 89.6 Å². The number of carboxylic acids is 1. The highest BCUT2D eigenvalue weighted by atomic mass is 16.4. The highest BCUT2D eigenvalue weighted by Crippen LogP contribution is 2.30. The molecule has 0 bridgehead atoms. The van der Waals surface area contributed by atoms with Crippen LogP contribution in [0.5, 0.6) is 0 Å². The lowest BCUT2D eigenvalue weighted by Crippen LogP contribution is -1.97. The van der Waals surface area contributed by atoms with Crippen LogP contribution in [0.25, 0.3) is 27.7 Å². The Balaban J connectivity index is 1.82. The van der Waals surface area contributed by atoms with Crippen molar-refractivity contribution in [2.24, 2.45) is 0 Å². The Morgan fingerprint density at radius 1 is 1.00 bits per heavy atom. The predicted octanol–water partition coefficient (Wildman–Crippen LogP) is 5.43. The molecule has 4 nitrogen and oxygen atoms in total. The minimum absolute atomic E-state index is 0.235. The summed E-state index contributed by atoms with van der Waals surface area (Å²) in [5.74, 6) is -0.958. The molecule has 3 aromatic carbocycles. The maximum atomic E-state index is 11.1. The summed E-state index contributed by atoms with van der Waals surface area (Å²) in [6.45, 7) is 2.13. The zero-order valence-corrected chi connectivity index (χ0v) is 15.4. The minimum atomic E-state index is -0.958. The number of hydrogen-bond acceptors (Lipinski definition) is 2. The molecular formula is C24H18N2O2. The van der Waals surface area contributed by atoms with Crippen LogP contribution in [0.3, 0.4) is 0 Å². The van der Waals surface area contributed by atoms with Crippen molar-refractivity contribution in [1.82, 2.24) is 4.57 Å². The zero-order chi connectivity index (χ0) is 19.7. The highest BCUT2D eigenvalue weighted by Gasteiger charge is 2.12. The Bertz CT molecular complexity index is 1210. The molecular weight excluding hydrogens is 348 g/mol. The Morgan fingerprint density at radius 3 is 2.29 bits per heavy atom. The fourth-order valence-corrected chi connectivity index (χ4v) is 3.41. The van der Waals surface area contributed by atoms with Gasteiger partial charge in [0.1, 0.15) is 6.07 Å². The van der Waals surface area contributed by atoms with Crippen molar-refractivity contribution in [3.8, 4) is 22.9 Å². The third-order valence-corrected chi connectivity index (χ3v) is 5.01. The number of aryl methyl sites for hydroxylation is 1. The van der Waals surface area contributed by atoms with Gasteiger partial charge in [0.05, 0.1) is 16.6 Å². The average molecular weight is 366 g/mol. The van der Waals surface area contributed by atoms with E-state index in [1.165, 1.54) is 5.56 Å². The van der Waals surface area contributed by atoms with Gasteiger partial charge < -0.3 is 9.67 Å². The van der Waals surface area contributed by atoms with Crippen molar-refractivity contribution in [3.63, 3.8) is 0 Å². The van der Waals surface area contributed by atoms with Gasteiger partial charge in [0.2, 0.25) is 0 Å². The van der Waals surface area contributed by atoms with Crippen molar-refractivity contribution < 1.29 is 9.90 Å². The molecule has 0 unspecified atom stereocenters. The first kappa shape index (κ1) is 17.6. The molecule has 136 valence electrons. The minimum Gasteiger partial charge on any atom is -0.478 e. The van der Waals surface area contributed by atoms with Crippen LogP contribution >= 0.6 is 0 Å². The van der Waals surface area contributed by atoms with Gasteiger partial charge in [-0.15, -0.1) is 0 Å². The summed E-state index contributed by atoms with van der Waals surface area (Å²) in [7, 11) is 0. The van der Waals surface area contributed by atoms with Crippen LogP contribution in [-0.4, -0.2) is 15.6 Å². The monoisotopic (exact) mass is 366 g/mol. The van der Waals surface area contributed by atoms with Gasteiger partial charge in [-0.2, -0.15) is 5.26 Å². The molecule has 0 saturated heterocycles. The summed E-state index contributed by atoms with van der Waals surface area (Å²) in [6, 6.07) is 23.5. The number of aromatic carboxylic acids is 1. The van der Waals surface area contributed by atoms with E-state index in [1.54, 1.807) is 30.5 Å². The molecule has 28 heavy (non-hydrogen) atoms. The fraction of sp³-hybridized carbons (Fsp3) is 0.0833. The first-order chi connectivity index (χ1) is 13.6. The van der Waals surface area contributed by atoms with E-state index in [9.17, 15) is 10.1 Å². The Morgan fingerprint density at radius 2 is 1.68 bits per heavy atom. The number of hydrogen-bond donors (Lipinski definition) is 1. The Labute approximate surface area is 162 Å². The van der Waals surface area contributed by atoms with Crippen molar-refractivity contribution in [2.75, 3.05) is 0 Å². The number of fused-ring (bicyclic) bond motifs is 1. The number of aromatic nitrogens is 1. The summed E-state index contributed by atoms with van der Waals surface area (Å²) in [5.41, 5.74) is 6.01. The molecule has 0 saturated carbocycles. The van der Waals surface area contributed by atoms with Crippen LogP contribution in [0.2, 0.25) is 0 Å². The largest absolute Gasteiger partial charge is 0.478 e. The van der Waals surface area contributed by atoms with E-state index in [0.717, 1.165) is 34.1 Å². The summed E-state index contributed by atoms with van der Waals surface area (Å²) in [4.78, 5) is 11.1. The number of rotatable bonds is 4. The van der Waals surface area contributed by atoms with E-state index in [4.69, 9.17) is 5.11 Å². The second-order valence-corrected chi connectivity index (χ2v) is 6.66. The Hall–Kier alpha value is -3.84. The van der Waals surface area contributed by atoms with Gasteiger partial charge in [-0.3, -0.25) is 0 Å². The lowest BCUT2D eigenvalue weighted by molar-refractivity contribution is 0.0697. The van der Waals surface area contributed by atoms with Gasteiger partial charge in [-0.25, -0.2) is 4.79 Å². The molecule has 4 rings (SSSR count). The van der Waals surface area contributed by atoms with E-state index >= 15 is 0 Å². The van der Waals surface area contributed by atoms with Gasteiger partial charge in [0.15, 0.2) is 0 Å². The number of carbonyl (C=O) groups is 1. The third-order valence-electron chi connectivity index (χ3n) is 5.01. The van der Waals surface area contributed by atoms with Crippen LogP contribution in [0.15, 0.2) is 72.9 Å². The van der Waals surface area contributed by atoms with Crippen molar-refractivity contribution >= 4 is 16.9 Å². The molecule has 0 atom stereocenters. The van der Waals surface area contributed by atoms with Crippen LogP contribution in [-0.2, 0) is 6.42 Å². The van der Waals surface area contributed by atoms with E-state index in [-0.39, 0.29) is 5.56 Å². The molecule has 0 amide bonds. The molecule has 0 aliphatic carbocycles. The van der Waals surface area contributed by atoms with E-state index in [0.29, 0.717) is 5.56 Å². The molecule has 1 aromatic heterocycles. The molecule has 0 radical (unpaired) electrons. The molecule has 4 aromatic rings. The summed E-state index contributed by atoms with van der Waals surface area (Å²) in [6.07, 6.45) is 2.80. The maximum absolute atomic E-state index is 11.1. The van der Waals surface area contributed by atoms with Gasteiger partial charge in [-0.05, 0) is 59.5 Å². The van der Waals surface area contributed by atoms with Crippen molar-refractivity contribution in [1.29, 1.82) is 5.26 Å². The summed E-state index contributed by atoms with van der Waals surface area (Å²) >= 11 is 0. The third kappa shape index (κ3) is 3.04. The fourth-order valence-electron chi connectivity index (χ4n) is 3.41. The SMILES string of the molecule is CCc1ccc(-c2ccc3c(c2)c(C#N)cn3-c2ccc(C(=O)O)cc2)cc1. The first-order valence-electron chi connectivity index (χ1n) is 9.09. The molecule has 1 heterocycles. The van der Waals surface area contributed by atoms with E-state index in [1.807, 2.05) is 22.8 Å². The van der Waals surface area contributed by atoms with Crippen LogP contribution in [0, 0.1) is 11.3 Å². The first-order valence-corrected chi connectivity index (χ1v) is 9.09. The van der Waals surface area contributed by atoms with Gasteiger partial charge in [0, 0.05) is 17.3 Å². The van der Waals surface area contributed by atoms with Gasteiger partial charge >= 0.3 is 5.97 Å². The van der Waals surface area contributed by atoms with E-state index in [2.05, 4.69) is 37.3 Å². The van der Waals surface area contributed by atoms with Gasteiger partial charge in [-0.1, -0.05) is 37.3 Å². The second-order valence-electron chi connectivity index (χ2n) is 6.66. The average Bonchev–Trinajstić information content (AvgIpc) is 3.12. The predicted molar refractivity (Wildman–Crippen MR) is 110 cm³/mol. The number of benzene rings is 3. The lowest BCUT2D eigenvalue weighted by atomic mass is 10.0. The maximum Gasteiger partial charge on any atom is 0.335 e. The smallest absolute Gasteiger partial charge is 0.335 e. The topological polar surface area (TPSA) is 66.0 Å². The standard InChI is InChI=1S/C24H18N2O2/c1-2-16-3-5-17(6-4-16)19-9-12-23-22(13-19)20(14-25)15-26(23)21-10-7-18(8-11-21)24(27)28/h3-13,15H,2H2,1H3,(H,27,28). The highest BCUT2D eigenvalue weighted by molar-refractivity contribution is 5.92. The number of carboxylic acid groups (broad SMARTS) is 1. The lowest BCUT2D eigenvalue weighted by Gasteiger charge is -2.07. The van der Waals surface area contributed by atoms with Gasteiger partial charge in [0.25, 0.3) is 0 Å². The van der Waals surface area contributed by atoms with Crippen LogP contribution < -0.4 is 0 Å². The van der Waals surface area contributed by atoms with E-state index < -0.39 is 5.97 Å². The normalized spacial score (nSPS) is 10.7. The van der Waals surface area contributed by atoms with Crippen LogP contribution in [0.1, 0.15) is 28.4 Å². The molecule has 0 aliphatic rings. The number of nitrogens with zero attached hydrogens (tertiary/aromatic N) is 2.